The molecule has 0 unspecified atom stereocenters. The van der Waals surface area contributed by atoms with Crippen molar-refractivity contribution in [3.63, 3.8) is 0 Å². The zero-order valence-corrected chi connectivity index (χ0v) is 7.54. The zero-order valence-electron chi connectivity index (χ0n) is 6.73. The molecule has 0 saturated heterocycles. The Hall–Kier alpha value is -1.32. The SMILES string of the molecule is N#CCS(=O)(=O)NCc1ccco1. The molecule has 6 heteroatoms. The Morgan fingerprint density at radius 3 is 2.92 bits per heavy atom. The van der Waals surface area contributed by atoms with Gasteiger partial charge in [0, 0.05) is 0 Å². The minimum absolute atomic E-state index is 0.0804. The molecule has 1 aromatic rings. The minimum atomic E-state index is -3.48. The van der Waals surface area contributed by atoms with E-state index in [1.165, 1.54) is 6.26 Å². The Kier molecular flexibility index (Phi) is 3.06. The largest absolute Gasteiger partial charge is 0.468 e. The van der Waals surface area contributed by atoms with E-state index in [-0.39, 0.29) is 6.54 Å². The Morgan fingerprint density at radius 2 is 2.38 bits per heavy atom. The Morgan fingerprint density at radius 1 is 1.62 bits per heavy atom. The van der Waals surface area contributed by atoms with Crippen LogP contribution in [-0.4, -0.2) is 14.2 Å². The van der Waals surface area contributed by atoms with Crippen LogP contribution in [0.25, 0.3) is 0 Å². The highest BCUT2D eigenvalue weighted by atomic mass is 32.2. The van der Waals surface area contributed by atoms with E-state index in [0.717, 1.165) is 0 Å². The van der Waals surface area contributed by atoms with Crippen molar-refractivity contribution in [1.29, 1.82) is 5.26 Å². The maximum atomic E-state index is 11.0. The summed E-state index contributed by atoms with van der Waals surface area (Å²) in [6.07, 6.45) is 1.45. The van der Waals surface area contributed by atoms with Crippen molar-refractivity contribution in [3.05, 3.63) is 24.2 Å². The standard InChI is InChI=1S/C7H8N2O3S/c8-3-5-13(10,11)9-6-7-2-1-4-12-7/h1-2,4,9H,5-6H2. The third-order valence-electron chi connectivity index (χ3n) is 1.30. The van der Waals surface area contributed by atoms with Gasteiger partial charge in [-0.05, 0) is 12.1 Å². The highest BCUT2D eigenvalue weighted by molar-refractivity contribution is 7.89. The molecule has 0 aliphatic heterocycles. The van der Waals surface area contributed by atoms with Gasteiger partial charge in [0.25, 0.3) is 0 Å². The quantitative estimate of drug-likeness (QED) is 0.753. The molecule has 0 amide bonds. The van der Waals surface area contributed by atoms with E-state index >= 15 is 0 Å². The van der Waals surface area contributed by atoms with E-state index in [4.69, 9.17) is 9.68 Å². The fraction of sp³-hybridized carbons (Fsp3) is 0.286. The third kappa shape index (κ3) is 3.27. The second kappa shape index (κ2) is 4.07. The molecule has 0 fully saturated rings. The average molecular weight is 200 g/mol. The van der Waals surface area contributed by atoms with Crippen molar-refractivity contribution < 1.29 is 12.8 Å². The lowest BCUT2D eigenvalue weighted by Gasteiger charge is -1.99. The van der Waals surface area contributed by atoms with Gasteiger partial charge < -0.3 is 4.42 Å². The number of nitrogens with one attached hydrogen (secondary N) is 1. The molecule has 1 rings (SSSR count). The number of rotatable bonds is 4. The van der Waals surface area contributed by atoms with E-state index in [1.54, 1.807) is 18.2 Å². The molecular weight excluding hydrogens is 192 g/mol. The van der Waals surface area contributed by atoms with E-state index in [9.17, 15) is 8.42 Å². The Balaban J connectivity index is 2.49. The number of nitrogens with zero attached hydrogens (tertiary/aromatic N) is 1. The predicted octanol–water partition coefficient (Wildman–Crippen LogP) is 0.223. The number of hydrogen-bond acceptors (Lipinski definition) is 4. The Bertz CT molecular complexity index is 388. The van der Waals surface area contributed by atoms with Crippen LogP contribution in [0.1, 0.15) is 5.76 Å². The summed E-state index contributed by atoms with van der Waals surface area (Å²) < 4.78 is 29.0. The van der Waals surface area contributed by atoms with Gasteiger partial charge in [-0.1, -0.05) is 0 Å². The van der Waals surface area contributed by atoms with Crippen LogP contribution in [0.2, 0.25) is 0 Å². The lowest BCUT2D eigenvalue weighted by atomic mass is 10.5. The molecule has 70 valence electrons. The Labute approximate surface area is 76.0 Å². The van der Waals surface area contributed by atoms with Gasteiger partial charge in [0.15, 0.2) is 5.75 Å². The molecule has 0 radical (unpaired) electrons. The first-order valence-corrected chi connectivity index (χ1v) is 5.16. The number of hydrogen-bond donors (Lipinski definition) is 1. The van der Waals surface area contributed by atoms with Gasteiger partial charge in [-0.15, -0.1) is 0 Å². The monoisotopic (exact) mass is 200 g/mol. The molecule has 1 heterocycles. The summed E-state index contributed by atoms with van der Waals surface area (Å²) >= 11 is 0. The number of nitriles is 1. The molecule has 0 spiro atoms. The summed E-state index contributed by atoms with van der Waals surface area (Å²) in [5.41, 5.74) is 0. The maximum Gasteiger partial charge on any atom is 0.225 e. The van der Waals surface area contributed by atoms with Gasteiger partial charge in [-0.2, -0.15) is 5.26 Å². The van der Waals surface area contributed by atoms with Crippen LogP contribution in [0.5, 0.6) is 0 Å². The zero-order chi connectivity index (χ0) is 9.73. The van der Waals surface area contributed by atoms with Gasteiger partial charge in [-0.25, -0.2) is 13.1 Å². The van der Waals surface area contributed by atoms with Gasteiger partial charge in [0.05, 0.1) is 18.9 Å². The lowest BCUT2D eigenvalue weighted by molar-refractivity contribution is 0.499. The highest BCUT2D eigenvalue weighted by Gasteiger charge is 2.08. The summed E-state index contributed by atoms with van der Waals surface area (Å²) in [5.74, 6) is -0.0187. The first kappa shape index (κ1) is 9.77. The van der Waals surface area contributed by atoms with E-state index in [2.05, 4.69) is 4.72 Å². The number of furan rings is 1. The van der Waals surface area contributed by atoms with Gasteiger partial charge in [0.1, 0.15) is 5.76 Å². The van der Waals surface area contributed by atoms with Crippen LogP contribution in [0.3, 0.4) is 0 Å². The van der Waals surface area contributed by atoms with E-state index in [0.29, 0.717) is 5.76 Å². The van der Waals surface area contributed by atoms with Crippen LogP contribution in [0, 0.1) is 11.3 Å². The van der Waals surface area contributed by atoms with Crippen LogP contribution in [0.4, 0.5) is 0 Å². The lowest BCUT2D eigenvalue weighted by Crippen LogP contribution is -2.25. The van der Waals surface area contributed by atoms with Crippen molar-refractivity contribution >= 4 is 10.0 Å². The second-order valence-corrected chi connectivity index (χ2v) is 4.12. The van der Waals surface area contributed by atoms with Crippen molar-refractivity contribution in [2.24, 2.45) is 0 Å². The van der Waals surface area contributed by atoms with Gasteiger partial charge in [0.2, 0.25) is 10.0 Å². The molecule has 13 heavy (non-hydrogen) atoms. The summed E-state index contributed by atoms with van der Waals surface area (Å²) in [4.78, 5) is 0. The van der Waals surface area contributed by atoms with Gasteiger partial charge in [-0.3, -0.25) is 0 Å². The van der Waals surface area contributed by atoms with E-state index < -0.39 is 15.8 Å². The third-order valence-corrected chi connectivity index (χ3v) is 2.39. The van der Waals surface area contributed by atoms with Crippen molar-refractivity contribution in [2.45, 2.75) is 6.54 Å². The second-order valence-electron chi connectivity index (χ2n) is 2.32. The molecule has 0 saturated carbocycles. The van der Waals surface area contributed by atoms with Crippen molar-refractivity contribution in [2.75, 3.05) is 5.75 Å². The summed E-state index contributed by atoms with van der Waals surface area (Å²) in [7, 11) is -3.48. The molecule has 0 aromatic carbocycles. The topological polar surface area (TPSA) is 83.1 Å². The predicted molar refractivity (Wildman–Crippen MR) is 44.9 cm³/mol. The first-order chi connectivity index (χ1) is 6.14. The summed E-state index contributed by atoms with van der Waals surface area (Å²) in [6.45, 7) is 0.0804. The van der Waals surface area contributed by atoms with Crippen molar-refractivity contribution in [3.8, 4) is 6.07 Å². The molecule has 1 N–H and O–H groups in total. The number of sulfonamides is 1. The summed E-state index contributed by atoms with van der Waals surface area (Å²) in [6, 6.07) is 4.87. The van der Waals surface area contributed by atoms with Crippen molar-refractivity contribution in [1.82, 2.24) is 4.72 Å². The average Bonchev–Trinajstić information content (AvgIpc) is 2.52. The van der Waals surface area contributed by atoms with Crippen LogP contribution in [0.15, 0.2) is 22.8 Å². The fourth-order valence-corrected chi connectivity index (χ4v) is 1.36. The summed E-state index contributed by atoms with van der Waals surface area (Å²) in [5, 5.41) is 8.17. The molecule has 0 bridgehead atoms. The van der Waals surface area contributed by atoms with E-state index in [1.807, 2.05) is 0 Å². The molecule has 5 nitrogen and oxygen atoms in total. The van der Waals surface area contributed by atoms with Crippen LogP contribution >= 0.6 is 0 Å². The van der Waals surface area contributed by atoms with Crippen LogP contribution < -0.4 is 4.72 Å². The molecule has 0 aliphatic rings. The molecule has 0 atom stereocenters. The maximum absolute atomic E-state index is 11.0. The molecule has 1 aromatic heterocycles. The molecule has 0 aliphatic carbocycles. The minimum Gasteiger partial charge on any atom is -0.468 e. The normalized spacial score (nSPS) is 11.0. The highest BCUT2D eigenvalue weighted by Crippen LogP contribution is 1.99. The van der Waals surface area contributed by atoms with Gasteiger partial charge >= 0.3 is 0 Å². The molecular formula is C7H8N2O3S. The smallest absolute Gasteiger partial charge is 0.225 e. The first-order valence-electron chi connectivity index (χ1n) is 3.51. The van der Waals surface area contributed by atoms with Crippen LogP contribution in [-0.2, 0) is 16.6 Å². The fourth-order valence-electron chi connectivity index (χ4n) is 0.730.